The van der Waals surface area contributed by atoms with Gasteiger partial charge in [0.15, 0.2) is 0 Å². The summed E-state index contributed by atoms with van der Waals surface area (Å²) >= 11 is 6.10. The predicted molar refractivity (Wildman–Crippen MR) is 149 cm³/mol. The lowest BCUT2D eigenvalue weighted by Crippen LogP contribution is -2.57. The number of ether oxygens (including phenoxy) is 1. The molecule has 2 N–H and O–H groups in total. The topological polar surface area (TPSA) is 87.7 Å². The normalized spacial score (nSPS) is 32.8. The molecule has 2 aromatic carbocycles. The van der Waals surface area contributed by atoms with Crippen LogP contribution in [0.4, 0.5) is 5.69 Å². The number of nitrogens with zero attached hydrogens (tertiary/aromatic N) is 1. The third kappa shape index (κ3) is 4.55. The summed E-state index contributed by atoms with van der Waals surface area (Å²) in [5.41, 5.74) is 1.36. The van der Waals surface area contributed by atoms with Gasteiger partial charge in [0, 0.05) is 23.3 Å². The van der Waals surface area contributed by atoms with E-state index >= 15 is 0 Å². The number of aryl methyl sites for hydroxylation is 1. The molecule has 0 unspecified atom stereocenters. The van der Waals surface area contributed by atoms with Gasteiger partial charge in [-0.15, -0.1) is 0 Å². The molecule has 3 amide bonds. The van der Waals surface area contributed by atoms with E-state index in [0.29, 0.717) is 16.6 Å². The number of rotatable bonds is 6. The molecule has 7 nitrogen and oxygen atoms in total. The summed E-state index contributed by atoms with van der Waals surface area (Å²) in [6.07, 6.45) is 7.35. The molecular weight excluding hydrogens is 514 g/mol. The van der Waals surface area contributed by atoms with Crippen LogP contribution in [0.15, 0.2) is 60.7 Å². The quantitative estimate of drug-likeness (QED) is 0.516. The fraction of sp³-hybridized carbons (Fsp3) is 0.452. The van der Waals surface area contributed by atoms with E-state index in [0.717, 1.165) is 36.8 Å². The van der Waals surface area contributed by atoms with Crippen molar-refractivity contribution in [2.75, 3.05) is 5.32 Å². The second-order valence-electron chi connectivity index (χ2n) is 11.5. The van der Waals surface area contributed by atoms with E-state index in [1.54, 1.807) is 17.0 Å². The van der Waals surface area contributed by atoms with Crippen molar-refractivity contribution in [2.24, 2.45) is 17.8 Å². The Labute approximate surface area is 233 Å². The first kappa shape index (κ1) is 26.1. The summed E-state index contributed by atoms with van der Waals surface area (Å²) in [7, 11) is 0. The number of anilines is 1. The molecule has 7 atom stereocenters. The zero-order valence-electron chi connectivity index (χ0n) is 22.2. The highest BCUT2D eigenvalue weighted by atomic mass is 35.5. The van der Waals surface area contributed by atoms with Crippen LogP contribution >= 0.6 is 11.6 Å². The number of likely N-dealkylation sites (tertiary alicyclic amines) is 1. The lowest BCUT2D eigenvalue weighted by molar-refractivity contribution is -0.142. The summed E-state index contributed by atoms with van der Waals surface area (Å²) < 4.78 is 6.47. The Balaban J connectivity index is 1.33. The van der Waals surface area contributed by atoms with Gasteiger partial charge < -0.3 is 20.3 Å². The molecule has 1 spiro atoms. The molecule has 3 aliphatic heterocycles. The average Bonchev–Trinajstić information content (AvgIpc) is 3.54. The van der Waals surface area contributed by atoms with Gasteiger partial charge in [-0.25, -0.2) is 0 Å². The Bertz CT molecular complexity index is 1330. The molecular formula is C31H34ClN3O4. The maximum atomic E-state index is 14.2. The van der Waals surface area contributed by atoms with Crippen LogP contribution in [0.5, 0.6) is 0 Å². The molecule has 2 saturated heterocycles. The highest BCUT2D eigenvalue weighted by molar-refractivity contribution is 6.30. The molecule has 3 heterocycles. The van der Waals surface area contributed by atoms with E-state index < -0.39 is 29.6 Å². The minimum absolute atomic E-state index is 0.0529. The molecule has 0 aromatic heterocycles. The Morgan fingerprint density at radius 3 is 2.62 bits per heavy atom. The fourth-order valence-electron chi connectivity index (χ4n) is 6.97. The summed E-state index contributed by atoms with van der Waals surface area (Å²) in [6.45, 7) is 4.35. The van der Waals surface area contributed by atoms with Crippen LogP contribution in [-0.2, 0) is 25.7 Å². The zero-order chi connectivity index (χ0) is 27.3. The van der Waals surface area contributed by atoms with Crippen molar-refractivity contribution < 1.29 is 19.1 Å². The largest absolute Gasteiger partial charge is 0.359 e. The van der Waals surface area contributed by atoms with Crippen molar-refractivity contribution in [1.82, 2.24) is 10.2 Å². The van der Waals surface area contributed by atoms with Crippen molar-refractivity contribution in [3.63, 3.8) is 0 Å². The molecule has 39 heavy (non-hydrogen) atoms. The summed E-state index contributed by atoms with van der Waals surface area (Å²) in [5.74, 6) is -1.89. The zero-order valence-corrected chi connectivity index (χ0v) is 23.0. The highest BCUT2D eigenvalue weighted by Crippen LogP contribution is 2.55. The summed E-state index contributed by atoms with van der Waals surface area (Å²) in [5, 5.41) is 6.85. The molecule has 1 aliphatic carbocycles. The van der Waals surface area contributed by atoms with Gasteiger partial charge in [-0.3, -0.25) is 14.4 Å². The van der Waals surface area contributed by atoms with E-state index in [-0.39, 0.29) is 30.3 Å². The SMILES string of the molecule is Cc1cccc(NC(=O)[C@H]2[C@H]3C=C[C@@]4(O3)[C@H]2C(=O)N(Cc2ccc(Cl)cc2)[C@@H]4C(=O)N[C@H]2CCCC[C@@H]2C)c1. The van der Waals surface area contributed by atoms with Gasteiger partial charge in [0.05, 0.1) is 17.9 Å². The van der Waals surface area contributed by atoms with Gasteiger partial charge >= 0.3 is 0 Å². The number of hydrogen-bond acceptors (Lipinski definition) is 4. The van der Waals surface area contributed by atoms with Crippen molar-refractivity contribution in [2.45, 2.75) is 69.9 Å². The van der Waals surface area contributed by atoms with E-state index in [2.05, 4.69) is 17.6 Å². The maximum absolute atomic E-state index is 14.2. The highest BCUT2D eigenvalue weighted by Gasteiger charge is 2.72. The van der Waals surface area contributed by atoms with E-state index in [4.69, 9.17) is 16.3 Å². The monoisotopic (exact) mass is 547 g/mol. The van der Waals surface area contributed by atoms with E-state index in [9.17, 15) is 14.4 Å². The van der Waals surface area contributed by atoms with Crippen LogP contribution in [0.1, 0.15) is 43.7 Å². The van der Waals surface area contributed by atoms with Crippen molar-refractivity contribution in [1.29, 1.82) is 0 Å². The van der Waals surface area contributed by atoms with Gasteiger partial charge in [-0.05, 0) is 61.1 Å². The number of benzene rings is 2. The van der Waals surface area contributed by atoms with Crippen LogP contribution in [0, 0.1) is 24.7 Å². The Kier molecular flexibility index (Phi) is 6.76. The van der Waals surface area contributed by atoms with Crippen LogP contribution in [0.3, 0.4) is 0 Å². The van der Waals surface area contributed by atoms with Crippen molar-refractivity contribution in [3.8, 4) is 0 Å². The first-order valence-electron chi connectivity index (χ1n) is 13.9. The standard InChI is InChI=1S/C31H34ClN3O4/c1-18-6-5-8-22(16-18)33-28(36)25-24-14-15-31(39-24)26(25)30(38)35(17-20-10-12-21(32)13-11-20)27(31)29(37)34-23-9-4-3-7-19(23)2/h5-6,8,10-16,19,23-27H,3-4,7,9,17H2,1-2H3,(H,33,36)(H,34,37)/t19-,23-,24+,25-,26+,27+,31+/m0/s1. The lowest BCUT2D eigenvalue weighted by Gasteiger charge is -2.36. The molecule has 3 fully saturated rings. The van der Waals surface area contributed by atoms with Gasteiger partial charge in [-0.2, -0.15) is 0 Å². The third-order valence-corrected chi connectivity index (χ3v) is 9.17. The number of halogens is 1. The molecule has 2 bridgehead atoms. The van der Waals surface area contributed by atoms with Crippen LogP contribution in [0.25, 0.3) is 0 Å². The Morgan fingerprint density at radius 2 is 1.87 bits per heavy atom. The number of fused-ring (bicyclic) bond motifs is 1. The maximum Gasteiger partial charge on any atom is 0.246 e. The van der Waals surface area contributed by atoms with E-state index in [1.807, 2.05) is 55.5 Å². The number of hydrogen-bond donors (Lipinski definition) is 2. The van der Waals surface area contributed by atoms with Crippen LogP contribution in [0.2, 0.25) is 5.02 Å². The first-order chi connectivity index (χ1) is 18.8. The minimum Gasteiger partial charge on any atom is -0.359 e. The predicted octanol–water partition coefficient (Wildman–Crippen LogP) is 4.63. The van der Waals surface area contributed by atoms with Gasteiger partial charge in [0.2, 0.25) is 17.7 Å². The third-order valence-electron chi connectivity index (χ3n) is 8.92. The molecule has 8 heteroatoms. The lowest BCUT2D eigenvalue weighted by atomic mass is 9.74. The molecule has 2 aromatic rings. The number of amides is 3. The molecule has 1 saturated carbocycles. The van der Waals surface area contributed by atoms with E-state index in [1.165, 1.54) is 0 Å². The van der Waals surface area contributed by atoms with Crippen molar-refractivity contribution in [3.05, 3.63) is 76.8 Å². The average molecular weight is 548 g/mol. The Morgan fingerprint density at radius 1 is 1.10 bits per heavy atom. The number of carbonyl (C=O) groups is 3. The summed E-state index contributed by atoms with van der Waals surface area (Å²) in [4.78, 5) is 43.4. The molecule has 4 aliphatic rings. The first-order valence-corrected chi connectivity index (χ1v) is 14.2. The van der Waals surface area contributed by atoms with Crippen molar-refractivity contribution >= 4 is 35.0 Å². The number of carbonyl (C=O) groups excluding carboxylic acids is 3. The second kappa shape index (κ2) is 10.1. The van der Waals surface area contributed by atoms with Gasteiger partial charge in [-0.1, -0.05) is 67.8 Å². The molecule has 6 rings (SSSR count). The molecule has 0 radical (unpaired) electrons. The minimum atomic E-state index is -1.19. The van der Waals surface area contributed by atoms with Crippen LogP contribution in [-0.4, -0.2) is 46.4 Å². The fourth-order valence-corrected chi connectivity index (χ4v) is 7.09. The second-order valence-corrected chi connectivity index (χ2v) is 12.0. The smallest absolute Gasteiger partial charge is 0.246 e. The molecule has 204 valence electrons. The Hall–Kier alpha value is -3.16. The summed E-state index contributed by atoms with van der Waals surface area (Å²) in [6, 6.07) is 14.0. The van der Waals surface area contributed by atoms with Gasteiger partial charge in [0.25, 0.3) is 0 Å². The van der Waals surface area contributed by atoms with Crippen LogP contribution < -0.4 is 10.6 Å². The number of nitrogens with one attached hydrogen (secondary N) is 2. The van der Waals surface area contributed by atoms with Gasteiger partial charge in [0.1, 0.15) is 11.6 Å².